The first-order valence-corrected chi connectivity index (χ1v) is 12.2. The summed E-state index contributed by atoms with van der Waals surface area (Å²) in [6.45, 7) is 6.79. The second kappa shape index (κ2) is 11.9. The van der Waals surface area contributed by atoms with Crippen molar-refractivity contribution in [1.82, 2.24) is 34.7 Å². The predicted molar refractivity (Wildman–Crippen MR) is 131 cm³/mol. The highest BCUT2D eigenvalue weighted by Gasteiger charge is 2.16. The third-order valence-corrected chi connectivity index (χ3v) is 6.42. The Bertz CT molecular complexity index is 922. The maximum atomic E-state index is 10.9. The van der Waals surface area contributed by atoms with Gasteiger partial charge in [0.1, 0.15) is 0 Å². The van der Waals surface area contributed by atoms with Gasteiger partial charge in [0, 0.05) is 51.5 Å². The SMILES string of the molecule is CN1CCN(CCNc2nc(NCC3CCCCC3)nc(Nc3ncc(CC(=O)O)[nH]3)n2)CC1. The number of nitrogens with one attached hydrogen (secondary N) is 4. The monoisotopic (exact) mass is 472 g/mol. The van der Waals surface area contributed by atoms with Crippen LogP contribution in [0.3, 0.4) is 0 Å². The zero-order valence-corrected chi connectivity index (χ0v) is 19.9. The number of carbonyl (C=O) groups is 1. The third-order valence-electron chi connectivity index (χ3n) is 6.42. The molecule has 2 aromatic rings. The molecule has 3 heterocycles. The number of anilines is 4. The highest BCUT2D eigenvalue weighted by atomic mass is 16.4. The topological polar surface area (TPSA) is 147 Å². The molecule has 0 unspecified atom stereocenters. The second-order valence-electron chi connectivity index (χ2n) is 9.22. The second-order valence-corrected chi connectivity index (χ2v) is 9.22. The molecule has 1 saturated carbocycles. The molecular weight excluding hydrogens is 436 g/mol. The van der Waals surface area contributed by atoms with E-state index in [1.807, 2.05) is 0 Å². The third kappa shape index (κ3) is 7.52. The molecule has 2 aromatic heterocycles. The molecule has 0 spiro atoms. The zero-order valence-electron chi connectivity index (χ0n) is 19.9. The minimum atomic E-state index is -0.920. The number of nitrogens with zero attached hydrogens (tertiary/aromatic N) is 6. The molecule has 5 N–H and O–H groups in total. The lowest BCUT2D eigenvalue weighted by molar-refractivity contribution is -0.136. The van der Waals surface area contributed by atoms with Gasteiger partial charge < -0.3 is 25.6 Å². The number of imidazole rings is 1. The predicted octanol–water partition coefficient (Wildman–Crippen LogP) is 1.62. The maximum Gasteiger partial charge on any atom is 0.309 e. The van der Waals surface area contributed by atoms with Crippen molar-refractivity contribution in [2.45, 2.75) is 38.5 Å². The first-order valence-electron chi connectivity index (χ1n) is 12.2. The van der Waals surface area contributed by atoms with Gasteiger partial charge in [0.05, 0.1) is 12.6 Å². The number of hydrogen-bond acceptors (Lipinski definition) is 10. The van der Waals surface area contributed by atoms with Gasteiger partial charge in [0.2, 0.25) is 23.8 Å². The van der Waals surface area contributed by atoms with Crippen molar-refractivity contribution >= 4 is 29.8 Å². The lowest BCUT2D eigenvalue weighted by Gasteiger charge is -2.32. The van der Waals surface area contributed by atoms with Crippen molar-refractivity contribution in [2.24, 2.45) is 5.92 Å². The Kier molecular flexibility index (Phi) is 8.47. The summed E-state index contributed by atoms with van der Waals surface area (Å²) in [6.07, 6.45) is 7.73. The van der Waals surface area contributed by atoms with Crippen LogP contribution < -0.4 is 16.0 Å². The van der Waals surface area contributed by atoms with Gasteiger partial charge in [-0.25, -0.2) is 4.98 Å². The van der Waals surface area contributed by atoms with Crippen LogP contribution in [-0.2, 0) is 11.2 Å². The maximum absolute atomic E-state index is 10.9. The summed E-state index contributed by atoms with van der Waals surface area (Å²) in [5.41, 5.74) is 0.505. The Hall–Kier alpha value is -2.99. The number of carboxylic acid groups (broad SMARTS) is 1. The van der Waals surface area contributed by atoms with Crippen molar-refractivity contribution < 1.29 is 9.90 Å². The van der Waals surface area contributed by atoms with E-state index in [2.05, 4.69) is 57.7 Å². The summed E-state index contributed by atoms with van der Waals surface area (Å²) in [4.78, 5) is 36.4. The summed E-state index contributed by atoms with van der Waals surface area (Å²) in [5, 5.41) is 18.7. The Balaban J connectivity index is 1.39. The summed E-state index contributed by atoms with van der Waals surface area (Å²) in [7, 11) is 2.15. The van der Waals surface area contributed by atoms with E-state index in [-0.39, 0.29) is 6.42 Å². The van der Waals surface area contributed by atoms with E-state index in [9.17, 15) is 4.79 Å². The number of aromatic nitrogens is 5. The van der Waals surface area contributed by atoms with Gasteiger partial charge in [-0.15, -0.1) is 0 Å². The zero-order chi connectivity index (χ0) is 23.8. The molecule has 4 rings (SSSR count). The molecule has 0 amide bonds. The van der Waals surface area contributed by atoms with Gasteiger partial charge in [0.25, 0.3) is 0 Å². The molecule has 2 fully saturated rings. The van der Waals surface area contributed by atoms with Crippen molar-refractivity contribution in [1.29, 1.82) is 0 Å². The Morgan fingerprint density at radius 1 is 1.06 bits per heavy atom. The number of aliphatic carboxylic acids is 1. The summed E-state index contributed by atoms with van der Waals surface area (Å²) in [6, 6.07) is 0. The van der Waals surface area contributed by atoms with E-state index in [0.717, 1.165) is 45.8 Å². The van der Waals surface area contributed by atoms with Gasteiger partial charge in [-0.1, -0.05) is 19.3 Å². The Morgan fingerprint density at radius 2 is 1.76 bits per heavy atom. The lowest BCUT2D eigenvalue weighted by Crippen LogP contribution is -2.45. The summed E-state index contributed by atoms with van der Waals surface area (Å²) in [5.74, 6) is 1.47. The molecule has 0 radical (unpaired) electrons. The average Bonchev–Trinajstić information content (AvgIpc) is 3.25. The molecule has 0 bridgehead atoms. The largest absolute Gasteiger partial charge is 0.481 e. The fourth-order valence-corrected chi connectivity index (χ4v) is 4.40. The molecule has 0 atom stereocenters. The van der Waals surface area contributed by atoms with Crippen molar-refractivity contribution in [3.05, 3.63) is 11.9 Å². The highest BCUT2D eigenvalue weighted by molar-refractivity contribution is 5.69. The fourth-order valence-electron chi connectivity index (χ4n) is 4.40. The van der Waals surface area contributed by atoms with Crippen LogP contribution in [0.1, 0.15) is 37.8 Å². The van der Waals surface area contributed by atoms with Crippen LogP contribution in [0.15, 0.2) is 6.20 Å². The fraction of sp³-hybridized carbons (Fsp3) is 0.682. The molecule has 1 saturated heterocycles. The first kappa shape index (κ1) is 24.1. The van der Waals surface area contributed by atoms with E-state index in [0.29, 0.717) is 35.4 Å². The van der Waals surface area contributed by atoms with E-state index < -0.39 is 5.97 Å². The van der Waals surface area contributed by atoms with Crippen molar-refractivity contribution in [3.8, 4) is 0 Å². The molecule has 12 nitrogen and oxygen atoms in total. The van der Waals surface area contributed by atoms with Gasteiger partial charge in [-0.2, -0.15) is 15.0 Å². The number of H-pyrrole nitrogens is 1. The first-order chi connectivity index (χ1) is 16.5. The van der Waals surface area contributed by atoms with Gasteiger partial charge in [-0.3, -0.25) is 15.0 Å². The molecule has 1 aliphatic heterocycles. The number of likely N-dealkylation sites (N-methyl/N-ethyl adjacent to an activating group) is 1. The normalized spacial score (nSPS) is 18.0. The number of aromatic amines is 1. The molecule has 1 aliphatic carbocycles. The highest BCUT2D eigenvalue weighted by Crippen LogP contribution is 2.24. The smallest absolute Gasteiger partial charge is 0.309 e. The van der Waals surface area contributed by atoms with Crippen LogP contribution in [0.25, 0.3) is 0 Å². The minimum Gasteiger partial charge on any atom is -0.481 e. The molecule has 0 aromatic carbocycles. The van der Waals surface area contributed by atoms with Crippen LogP contribution in [0.5, 0.6) is 0 Å². The van der Waals surface area contributed by atoms with E-state index in [1.54, 1.807) is 0 Å². The van der Waals surface area contributed by atoms with Gasteiger partial charge in [0.15, 0.2) is 0 Å². The quantitative estimate of drug-likeness (QED) is 0.325. The van der Waals surface area contributed by atoms with Crippen LogP contribution in [0.4, 0.5) is 23.8 Å². The van der Waals surface area contributed by atoms with Crippen LogP contribution in [0.2, 0.25) is 0 Å². The number of rotatable bonds is 11. The number of carboxylic acids is 1. The van der Waals surface area contributed by atoms with Crippen molar-refractivity contribution in [3.63, 3.8) is 0 Å². The average molecular weight is 473 g/mol. The standard InChI is InChI=1S/C22H36N10O2/c1-31-9-11-32(12-10-31)8-7-23-19-27-21(24-14-16-5-3-2-4-6-16)30-22(28-19)29-20-25-15-17(26-20)13-18(33)34/h15-16H,2-14H2,1H3,(H,33,34)(H4,23,24,25,26,27,28,29,30). The molecule has 186 valence electrons. The van der Waals surface area contributed by atoms with E-state index in [4.69, 9.17) is 5.11 Å². The molecular formula is C22H36N10O2. The Morgan fingerprint density at radius 3 is 2.50 bits per heavy atom. The van der Waals surface area contributed by atoms with Crippen LogP contribution >= 0.6 is 0 Å². The number of piperazine rings is 1. The minimum absolute atomic E-state index is 0.126. The van der Waals surface area contributed by atoms with Crippen LogP contribution in [0, 0.1) is 5.92 Å². The number of hydrogen-bond donors (Lipinski definition) is 5. The van der Waals surface area contributed by atoms with E-state index >= 15 is 0 Å². The molecule has 34 heavy (non-hydrogen) atoms. The Labute approximate surface area is 200 Å². The molecule has 12 heteroatoms. The lowest BCUT2D eigenvalue weighted by atomic mass is 9.89. The van der Waals surface area contributed by atoms with E-state index in [1.165, 1.54) is 38.3 Å². The van der Waals surface area contributed by atoms with Crippen LogP contribution in [-0.4, -0.2) is 98.7 Å². The van der Waals surface area contributed by atoms with Crippen molar-refractivity contribution in [2.75, 3.05) is 68.8 Å². The van der Waals surface area contributed by atoms with Gasteiger partial charge >= 0.3 is 5.97 Å². The van der Waals surface area contributed by atoms with Gasteiger partial charge in [-0.05, 0) is 25.8 Å². The summed E-state index contributed by atoms with van der Waals surface area (Å²) < 4.78 is 0. The molecule has 2 aliphatic rings. The summed E-state index contributed by atoms with van der Waals surface area (Å²) >= 11 is 0.